The van der Waals surface area contributed by atoms with Gasteiger partial charge in [0, 0.05) is 11.5 Å². The first-order valence-corrected chi connectivity index (χ1v) is 10.1. The van der Waals surface area contributed by atoms with Crippen LogP contribution in [0.15, 0.2) is 61.1 Å². The lowest BCUT2D eigenvalue weighted by molar-refractivity contribution is 0.102. The van der Waals surface area contributed by atoms with Gasteiger partial charge in [0.2, 0.25) is 0 Å². The molecule has 0 unspecified atom stereocenters. The molecule has 0 saturated heterocycles. The highest BCUT2D eigenvalue weighted by atomic mass is 16.5. The van der Waals surface area contributed by atoms with Crippen molar-refractivity contribution >= 4 is 33.5 Å². The lowest BCUT2D eigenvalue weighted by Gasteiger charge is -2.11. The number of carbonyl (C=O) groups is 1. The van der Waals surface area contributed by atoms with Gasteiger partial charge in [-0.15, -0.1) is 0 Å². The average molecular weight is 443 g/mol. The zero-order valence-electron chi connectivity index (χ0n) is 18.2. The molecule has 0 fully saturated rings. The van der Waals surface area contributed by atoms with E-state index in [4.69, 9.17) is 14.2 Å². The molecule has 2 N–H and O–H groups in total. The number of pyridine rings is 1. The monoisotopic (exact) mass is 443 g/mol. The third-order valence-corrected chi connectivity index (χ3v) is 5.39. The molecule has 1 amide bonds. The molecule has 5 rings (SSSR count). The number of para-hydroxylation sites is 2. The van der Waals surface area contributed by atoms with Crippen LogP contribution < -0.4 is 19.5 Å². The summed E-state index contributed by atoms with van der Waals surface area (Å²) in [5.74, 6) is 1.94. The predicted octanol–water partition coefficient (Wildman–Crippen LogP) is 4.18. The molecule has 166 valence electrons. The number of aromatic amines is 1. The Morgan fingerprint density at radius 2 is 1.79 bits per heavy atom. The Hall–Kier alpha value is -4.53. The molecule has 3 aromatic heterocycles. The van der Waals surface area contributed by atoms with Crippen LogP contribution in [0.3, 0.4) is 0 Å². The van der Waals surface area contributed by atoms with Crippen molar-refractivity contribution < 1.29 is 19.0 Å². The highest BCUT2D eigenvalue weighted by molar-refractivity contribution is 6.07. The summed E-state index contributed by atoms with van der Waals surface area (Å²) in [7, 11) is 4.65. The van der Waals surface area contributed by atoms with Crippen molar-refractivity contribution in [2.45, 2.75) is 0 Å². The van der Waals surface area contributed by atoms with Crippen LogP contribution >= 0.6 is 0 Å². The van der Waals surface area contributed by atoms with E-state index in [2.05, 4.69) is 20.3 Å². The first-order chi connectivity index (χ1) is 16.1. The third-order valence-electron chi connectivity index (χ3n) is 5.39. The number of nitrogens with zero attached hydrogens (tertiary/aromatic N) is 3. The zero-order chi connectivity index (χ0) is 22.9. The Balaban J connectivity index is 1.42. The van der Waals surface area contributed by atoms with E-state index in [9.17, 15) is 4.79 Å². The van der Waals surface area contributed by atoms with Crippen LogP contribution in [-0.4, -0.2) is 46.8 Å². The summed E-state index contributed by atoms with van der Waals surface area (Å²) < 4.78 is 18.2. The number of amides is 1. The summed E-state index contributed by atoms with van der Waals surface area (Å²) >= 11 is 0. The molecule has 0 aliphatic carbocycles. The number of fused-ring (bicyclic) bond motifs is 2. The molecule has 9 heteroatoms. The largest absolute Gasteiger partial charge is 0.496 e. The first-order valence-electron chi connectivity index (χ1n) is 10.1. The summed E-state index contributed by atoms with van der Waals surface area (Å²) in [6.07, 6.45) is 3.33. The van der Waals surface area contributed by atoms with E-state index in [1.165, 1.54) is 0 Å². The van der Waals surface area contributed by atoms with Crippen molar-refractivity contribution in [2.75, 3.05) is 26.6 Å². The van der Waals surface area contributed by atoms with E-state index >= 15 is 0 Å². The average Bonchev–Trinajstić information content (AvgIpc) is 3.48. The van der Waals surface area contributed by atoms with Gasteiger partial charge in [0.1, 0.15) is 23.6 Å². The lowest BCUT2D eigenvalue weighted by atomic mass is 10.2. The van der Waals surface area contributed by atoms with E-state index in [1.807, 2.05) is 34.9 Å². The number of rotatable bonds is 6. The van der Waals surface area contributed by atoms with Gasteiger partial charge in [-0.25, -0.2) is 9.97 Å². The molecule has 0 spiro atoms. The van der Waals surface area contributed by atoms with Crippen LogP contribution in [0.1, 0.15) is 10.5 Å². The maximum atomic E-state index is 12.9. The third kappa shape index (κ3) is 3.49. The highest BCUT2D eigenvalue weighted by Crippen LogP contribution is 2.41. The number of benzene rings is 2. The van der Waals surface area contributed by atoms with Crippen LogP contribution in [-0.2, 0) is 0 Å². The SMILES string of the molecule is COc1cc(OC)c2cc(C(=O)Nc3ccc(-n4cnc5ccccc54)nc3)[nH]c2c1OC. The number of H-pyrrole nitrogens is 1. The van der Waals surface area contributed by atoms with Crippen molar-refractivity contribution in [1.29, 1.82) is 0 Å². The maximum absolute atomic E-state index is 12.9. The normalized spacial score (nSPS) is 11.0. The molecular weight excluding hydrogens is 422 g/mol. The fourth-order valence-electron chi connectivity index (χ4n) is 3.80. The van der Waals surface area contributed by atoms with Crippen molar-refractivity contribution in [3.8, 4) is 23.1 Å². The van der Waals surface area contributed by atoms with E-state index in [-0.39, 0.29) is 5.91 Å². The molecule has 0 aliphatic heterocycles. The second-order valence-electron chi connectivity index (χ2n) is 7.25. The van der Waals surface area contributed by atoms with Gasteiger partial charge in [0.25, 0.3) is 5.91 Å². The second kappa shape index (κ2) is 8.19. The summed E-state index contributed by atoms with van der Waals surface area (Å²) in [5.41, 5.74) is 3.36. The van der Waals surface area contributed by atoms with E-state index < -0.39 is 0 Å². The van der Waals surface area contributed by atoms with Gasteiger partial charge in [-0.2, -0.15) is 0 Å². The van der Waals surface area contributed by atoms with Crippen molar-refractivity contribution in [3.05, 3.63) is 66.7 Å². The number of anilines is 1. The topological polar surface area (TPSA) is 103 Å². The van der Waals surface area contributed by atoms with Crippen molar-refractivity contribution in [2.24, 2.45) is 0 Å². The van der Waals surface area contributed by atoms with Crippen LogP contribution in [0.5, 0.6) is 17.2 Å². The Kier molecular flexibility index (Phi) is 5.06. The van der Waals surface area contributed by atoms with Crippen molar-refractivity contribution in [3.63, 3.8) is 0 Å². The quantitative estimate of drug-likeness (QED) is 0.408. The minimum absolute atomic E-state index is 0.322. The van der Waals surface area contributed by atoms with Crippen LogP contribution in [0.4, 0.5) is 5.69 Å². The van der Waals surface area contributed by atoms with Gasteiger partial charge in [-0.05, 0) is 30.3 Å². The minimum Gasteiger partial charge on any atom is -0.496 e. The lowest BCUT2D eigenvalue weighted by Crippen LogP contribution is -2.12. The van der Waals surface area contributed by atoms with Gasteiger partial charge in [0.05, 0.1) is 49.8 Å². The van der Waals surface area contributed by atoms with Gasteiger partial charge in [0.15, 0.2) is 11.5 Å². The smallest absolute Gasteiger partial charge is 0.272 e. The number of methoxy groups -OCH3 is 3. The Morgan fingerprint density at radius 1 is 0.970 bits per heavy atom. The van der Waals surface area contributed by atoms with Crippen LogP contribution in [0.25, 0.3) is 27.8 Å². The maximum Gasteiger partial charge on any atom is 0.272 e. The number of aromatic nitrogens is 4. The summed E-state index contributed by atoms with van der Waals surface area (Å²) in [6.45, 7) is 0. The van der Waals surface area contributed by atoms with Crippen LogP contribution in [0.2, 0.25) is 0 Å². The molecule has 2 aromatic carbocycles. The van der Waals surface area contributed by atoms with E-state index in [1.54, 1.807) is 52.1 Å². The zero-order valence-corrected chi connectivity index (χ0v) is 18.2. The minimum atomic E-state index is -0.322. The Labute approximate surface area is 188 Å². The summed E-state index contributed by atoms with van der Waals surface area (Å²) in [6, 6.07) is 14.9. The molecule has 0 bridgehead atoms. The van der Waals surface area contributed by atoms with E-state index in [0.717, 1.165) is 11.0 Å². The van der Waals surface area contributed by atoms with Crippen molar-refractivity contribution in [1.82, 2.24) is 19.5 Å². The molecule has 0 saturated carbocycles. The fraction of sp³-hybridized carbons (Fsp3) is 0.125. The Bertz CT molecular complexity index is 1470. The summed E-state index contributed by atoms with van der Waals surface area (Å²) in [5, 5.41) is 3.57. The molecule has 0 radical (unpaired) electrons. The molecular formula is C24H21N5O4. The fourth-order valence-corrected chi connectivity index (χ4v) is 3.80. The van der Waals surface area contributed by atoms with Gasteiger partial charge < -0.3 is 24.5 Å². The molecule has 0 atom stereocenters. The standard InChI is InChI=1S/C24H21N5O4/c1-31-19-11-20(32-2)23(33-3)22-15(19)10-17(28-22)24(30)27-14-8-9-21(25-12-14)29-13-26-16-6-4-5-7-18(16)29/h4-13,28H,1-3H3,(H,27,30). The number of hydrogen-bond acceptors (Lipinski definition) is 6. The molecule has 9 nitrogen and oxygen atoms in total. The number of ether oxygens (including phenoxy) is 3. The molecule has 0 aliphatic rings. The van der Waals surface area contributed by atoms with E-state index in [0.29, 0.717) is 45.4 Å². The van der Waals surface area contributed by atoms with Gasteiger partial charge >= 0.3 is 0 Å². The second-order valence-corrected chi connectivity index (χ2v) is 7.25. The molecule has 5 aromatic rings. The first kappa shape index (κ1) is 20.4. The predicted molar refractivity (Wildman–Crippen MR) is 125 cm³/mol. The number of nitrogens with one attached hydrogen (secondary N) is 2. The number of imidazole rings is 1. The molecule has 3 heterocycles. The molecule has 33 heavy (non-hydrogen) atoms. The van der Waals surface area contributed by atoms with Crippen LogP contribution in [0, 0.1) is 0 Å². The highest BCUT2D eigenvalue weighted by Gasteiger charge is 2.19. The van der Waals surface area contributed by atoms with Gasteiger partial charge in [-0.3, -0.25) is 9.36 Å². The number of hydrogen-bond donors (Lipinski definition) is 2. The van der Waals surface area contributed by atoms with Gasteiger partial charge in [-0.1, -0.05) is 12.1 Å². The Morgan fingerprint density at radius 3 is 2.52 bits per heavy atom. The summed E-state index contributed by atoms with van der Waals surface area (Å²) in [4.78, 5) is 24.9. The number of carbonyl (C=O) groups excluding carboxylic acids is 1.